The lowest BCUT2D eigenvalue weighted by Gasteiger charge is -2.18. The Bertz CT molecular complexity index is 1280. The first-order valence-corrected chi connectivity index (χ1v) is 25.7. The van der Waals surface area contributed by atoms with Gasteiger partial charge in [-0.3, -0.25) is 14.4 Å². The Morgan fingerprint density at radius 1 is 0.333 bits per heavy atom. The first kappa shape index (κ1) is 59.3. The number of ether oxygens (including phenoxy) is 3. The molecule has 0 radical (unpaired) electrons. The van der Waals surface area contributed by atoms with Crippen molar-refractivity contribution < 1.29 is 28.6 Å². The zero-order valence-electron chi connectivity index (χ0n) is 40.8. The summed E-state index contributed by atoms with van der Waals surface area (Å²) < 4.78 is 16.7. The second-order valence-corrected chi connectivity index (χ2v) is 16.7. The van der Waals surface area contributed by atoms with Crippen molar-refractivity contribution >= 4 is 17.9 Å². The van der Waals surface area contributed by atoms with E-state index in [9.17, 15) is 14.4 Å². The average Bonchev–Trinajstić information content (AvgIpc) is 3.28. The Morgan fingerprint density at radius 3 is 1.08 bits per heavy atom. The van der Waals surface area contributed by atoms with Crippen LogP contribution in [0, 0.1) is 0 Å². The molecule has 0 rings (SSSR count). The summed E-state index contributed by atoms with van der Waals surface area (Å²) in [6.07, 6.45) is 66.8. The van der Waals surface area contributed by atoms with Crippen LogP contribution in [0.25, 0.3) is 0 Å². The van der Waals surface area contributed by atoms with E-state index in [2.05, 4.69) is 118 Å². The highest BCUT2D eigenvalue weighted by Gasteiger charge is 2.19. The van der Waals surface area contributed by atoms with E-state index in [-0.39, 0.29) is 37.5 Å². The Hall–Kier alpha value is -3.67. The van der Waals surface area contributed by atoms with Crippen LogP contribution in [0.3, 0.4) is 0 Å². The van der Waals surface area contributed by atoms with Gasteiger partial charge in [0.2, 0.25) is 0 Å². The van der Waals surface area contributed by atoms with Gasteiger partial charge in [-0.2, -0.15) is 0 Å². The Morgan fingerprint density at radius 2 is 0.651 bits per heavy atom. The summed E-state index contributed by atoms with van der Waals surface area (Å²) in [5.41, 5.74) is 0. The molecule has 0 aliphatic rings. The van der Waals surface area contributed by atoms with Gasteiger partial charge in [-0.05, 0) is 109 Å². The molecule has 0 aromatic rings. The molecule has 0 bridgehead atoms. The third-order valence-corrected chi connectivity index (χ3v) is 10.5. The number of rotatable bonds is 45. The van der Waals surface area contributed by atoms with Crippen molar-refractivity contribution in [1.82, 2.24) is 0 Å². The maximum absolute atomic E-state index is 12.8. The molecule has 358 valence electrons. The molecule has 0 fully saturated rings. The minimum absolute atomic E-state index is 0.108. The standard InChI is InChI=1S/C57H94O6/c1-4-7-10-13-16-19-22-24-26-28-30-32-35-38-41-44-47-50-56(59)62-53-54(52-61-55(58)49-46-43-40-37-34-21-18-15-12-9-6-3)63-57(60)51-48-45-42-39-36-33-31-29-27-25-23-20-17-14-11-8-5-2/h8,11,15-20,24-27,31,33,39,42,54H,4-7,9-10,12-14,21-23,28-30,32,34-38,40-41,43-53H2,1-3H3/b11-8-,18-15-,19-16-,20-17-,26-24-,27-25-,33-31-,42-39-/t54-/m0/s1. The van der Waals surface area contributed by atoms with E-state index >= 15 is 0 Å². The van der Waals surface area contributed by atoms with E-state index in [4.69, 9.17) is 14.2 Å². The summed E-state index contributed by atoms with van der Waals surface area (Å²) in [6, 6.07) is 0. The molecule has 0 N–H and O–H groups in total. The lowest BCUT2D eigenvalue weighted by Crippen LogP contribution is -2.30. The summed E-state index contributed by atoms with van der Waals surface area (Å²) in [4.78, 5) is 37.9. The van der Waals surface area contributed by atoms with Crippen molar-refractivity contribution in [3.05, 3.63) is 97.2 Å². The summed E-state index contributed by atoms with van der Waals surface area (Å²) in [7, 11) is 0. The largest absolute Gasteiger partial charge is 0.462 e. The molecule has 1 atom stereocenters. The first-order valence-electron chi connectivity index (χ1n) is 25.7. The highest BCUT2D eigenvalue weighted by molar-refractivity contribution is 5.71. The van der Waals surface area contributed by atoms with Gasteiger partial charge >= 0.3 is 17.9 Å². The maximum atomic E-state index is 12.8. The van der Waals surface area contributed by atoms with Crippen LogP contribution in [0.1, 0.15) is 226 Å². The van der Waals surface area contributed by atoms with E-state index in [1.165, 1.54) is 77.0 Å². The fourth-order valence-electron chi connectivity index (χ4n) is 6.66. The molecule has 0 amide bonds. The van der Waals surface area contributed by atoms with Gasteiger partial charge in [0.1, 0.15) is 13.2 Å². The van der Waals surface area contributed by atoms with Crippen molar-refractivity contribution in [2.75, 3.05) is 13.2 Å². The van der Waals surface area contributed by atoms with Crippen molar-refractivity contribution in [3.8, 4) is 0 Å². The number of hydrogen-bond donors (Lipinski definition) is 0. The van der Waals surface area contributed by atoms with E-state index in [1.807, 2.05) is 0 Å². The summed E-state index contributed by atoms with van der Waals surface area (Å²) in [6.45, 7) is 6.39. The van der Waals surface area contributed by atoms with Crippen molar-refractivity contribution in [2.24, 2.45) is 0 Å². The molecule has 6 nitrogen and oxygen atoms in total. The van der Waals surface area contributed by atoms with Gasteiger partial charge in [0, 0.05) is 19.3 Å². The molecule has 0 saturated carbocycles. The number of unbranched alkanes of at least 4 members (excludes halogenated alkanes) is 18. The van der Waals surface area contributed by atoms with E-state index < -0.39 is 6.10 Å². The smallest absolute Gasteiger partial charge is 0.306 e. The van der Waals surface area contributed by atoms with Gasteiger partial charge < -0.3 is 14.2 Å². The van der Waals surface area contributed by atoms with Crippen LogP contribution in [0.4, 0.5) is 0 Å². The van der Waals surface area contributed by atoms with E-state index in [0.717, 1.165) is 103 Å². The van der Waals surface area contributed by atoms with Crippen LogP contribution in [-0.2, 0) is 28.6 Å². The summed E-state index contributed by atoms with van der Waals surface area (Å²) in [5.74, 6) is -0.988. The van der Waals surface area contributed by atoms with Crippen molar-refractivity contribution in [3.63, 3.8) is 0 Å². The van der Waals surface area contributed by atoms with Gasteiger partial charge in [0.05, 0.1) is 0 Å². The Labute approximate surface area is 387 Å². The molecular formula is C57H94O6. The van der Waals surface area contributed by atoms with Crippen LogP contribution < -0.4 is 0 Å². The van der Waals surface area contributed by atoms with E-state index in [1.54, 1.807) is 0 Å². The predicted octanol–water partition coefficient (Wildman–Crippen LogP) is 17.0. The Balaban J connectivity index is 4.49. The zero-order chi connectivity index (χ0) is 45.8. The molecular weight excluding hydrogens is 781 g/mol. The van der Waals surface area contributed by atoms with Crippen molar-refractivity contribution in [2.45, 2.75) is 232 Å². The summed E-state index contributed by atoms with van der Waals surface area (Å²) in [5, 5.41) is 0. The lowest BCUT2D eigenvalue weighted by molar-refractivity contribution is -0.167. The fraction of sp³-hybridized carbons (Fsp3) is 0.667. The quantitative estimate of drug-likeness (QED) is 0.0262. The highest BCUT2D eigenvalue weighted by Crippen LogP contribution is 2.13. The van der Waals surface area contributed by atoms with Crippen LogP contribution in [0.5, 0.6) is 0 Å². The molecule has 0 unspecified atom stereocenters. The predicted molar refractivity (Wildman–Crippen MR) is 270 cm³/mol. The van der Waals surface area contributed by atoms with Crippen molar-refractivity contribution in [1.29, 1.82) is 0 Å². The molecule has 0 aromatic carbocycles. The van der Waals surface area contributed by atoms with Crippen LogP contribution >= 0.6 is 0 Å². The van der Waals surface area contributed by atoms with E-state index in [0.29, 0.717) is 19.3 Å². The lowest BCUT2D eigenvalue weighted by atomic mass is 10.1. The molecule has 0 heterocycles. The number of hydrogen-bond acceptors (Lipinski definition) is 6. The SMILES string of the molecule is CC/C=C\C/C=C\C/C=C\C/C=C\C/C=C\CCCC(=O)O[C@@H](COC(=O)CCCCCCC/C=C\CCCC)COC(=O)CCCCCCCCC/C=C\C/C=C\CCCCC. The average molecular weight is 875 g/mol. The number of carbonyl (C=O) groups excluding carboxylic acids is 3. The van der Waals surface area contributed by atoms with Gasteiger partial charge in [-0.15, -0.1) is 0 Å². The van der Waals surface area contributed by atoms with Gasteiger partial charge in [0.15, 0.2) is 6.10 Å². The van der Waals surface area contributed by atoms with Crippen LogP contribution in [0.15, 0.2) is 97.2 Å². The normalized spacial score (nSPS) is 12.9. The minimum atomic E-state index is -0.814. The maximum Gasteiger partial charge on any atom is 0.306 e. The number of esters is 3. The second kappa shape index (κ2) is 51.0. The monoisotopic (exact) mass is 875 g/mol. The minimum Gasteiger partial charge on any atom is -0.462 e. The summed E-state index contributed by atoms with van der Waals surface area (Å²) >= 11 is 0. The van der Waals surface area contributed by atoms with Crippen LogP contribution in [0.2, 0.25) is 0 Å². The molecule has 0 aromatic heterocycles. The molecule has 63 heavy (non-hydrogen) atoms. The van der Waals surface area contributed by atoms with Gasteiger partial charge in [-0.1, -0.05) is 195 Å². The number of allylic oxidation sites excluding steroid dienone is 16. The molecule has 0 spiro atoms. The zero-order valence-corrected chi connectivity index (χ0v) is 40.8. The molecule has 0 saturated heterocycles. The van der Waals surface area contributed by atoms with Gasteiger partial charge in [0.25, 0.3) is 0 Å². The molecule has 6 heteroatoms. The fourth-order valence-corrected chi connectivity index (χ4v) is 6.66. The highest BCUT2D eigenvalue weighted by atomic mass is 16.6. The molecule has 0 aliphatic heterocycles. The number of carbonyl (C=O) groups is 3. The third-order valence-electron chi connectivity index (χ3n) is 10.5. The Kier molecular flexibility index (Phi) is 48.0. The van der Waals surface area contributed by atoms with Gasteiger partial charge in [-0.25, -0.2) is 0 Å². The first-order chi connectivity index (χ1) is 31.0. The topological polar surface area (TPSA) is 78.9 Å². The van der Waals surface area contributed by atoms with Crippen LogP contribution in [-0.4, -0.2) is 37.2 Å². The molecule has 0 aliphatic carbocycles. The third kappa shape index (κ3) is 49.2. The second-order valence-electron chi connectivity index (χ2n) is 16.7.